The molecule has 2 fully saturated rings. The van der Waals surface area contributed by atoms with Gasteiger partial charge in [-0.15, -0.1) is 0 Å². The lowest BCUT2D eigenvalue weighted by Gasteiger charge is -2.36. The molecule has 3 aromatic rings. The molecule has 0 bridgehead atoms. The maximum Gasteiger partial charge on any atom is 0.295 e. The number of rotatable bonds is 6. The molecule has 2 atom stereocenters. The van der Waals surface area contributed by atoms with E-state index in [4.69, 9.17) is 9.26 Å². The average molecular weight is 459 g/mol. The van der Waals surface area contributed by atoms with Gasteiger partial charge >= 0.3 is 0 Å². The highest BCUT2D eigenvalue weighted by Crippen LogP contribution is 2.41. The summed E-state index contributed by atoms with van der Waals surface area (Å²) in [6.45, 7) is 0. The van der Waals surface area contributed by atoms with Gasteiger partial charge in [0.15, 0.2) is 5.78 Å². The van der Waals surface area contributed by atoms with Gasteiger partial charge in [-0.05, 0) is 43.0 Å². The van der Waals surface area contributed by atoms with Crippen molar-refractivity contribution in [3.05, 3.63) is 66.4 Å². The average Bonchev–Trinajstić information content (AvgIpc) is 3.51. The summed E-state index contributed by atoms with van der Waals surface area (Å²) in [6.07, 6.45) is 6.45. The third kappa shape index (κ3) is 3.81. The molecular weight excluding hydrogens is 432 g/mol. The number of ether oxygens (including phenoxy) is 1. The molecule has 2 heterocycles. The fourth-order valence-electron chi connectivity index (χ4n) is 5.38. The third-order valence-corrected chi connectivity index (χ3v) is 7.02. The summed E-state index contributed by atoms with van der Waals surface area (Å²) in [5.74, 6) is -2.20. The van der Waals surface area contributed by atoms with Crippen LogP contribution in [0.4, 0.5) is 5.69 Å². The smallest absolute Gasteiger partial charge is 0.295 e. The number of carbonyl (C=O) groups is 3. The van der Waals surface area contributed by atoms with E-state index in [0.717, 1.165) is 37.7 Å². The highest BCUT2D eigenvalue weighted by molar-refractivity contribution is 6.49. The second-order valence-electron chi connectivity index (χ2n) is 8.90. The van der Waals surface area contributed by atoms with E-state index in [1.807, 2.05) is 12.1 Å². The van der Waals surface area contributed by atoms with Crippen molar-refractivity contribution in [3.8, 4) is 17.0 Å². The Labute approximate surface area is 197 Å². The summed E-state index contributed by atoms with van der Waals surface area (Å²) in [4.78, 5) is 42.0. The predicted molar refractivity (Wildman–Crippen MR) is 126 cm³/mol. The number of anilines is 1. The Bertz CT molecular complexity index is 1200. The van der Waals surface area contributed by atoms with Gasteiger partial charge < -0.3 is 14.2 Å². The van der Waals surface area contributed by atoms with Gasteiger partial charge in [-0.25, -0.2) is 0 Å². The second-order valence-corrected chi connectivity index (χ2v) is 8.90. The Morgan fingerprint density at radius 3 is 2.41 bits per heavy atom. The van der Waals surface area contributed by atoms with Gasteiger partial charge in [-0.1, -0.05) is 48.7 Å². The van der Waals surface area contributed by atoms with Crippen molar-refractivity contribution in [2.45, 2.75) is 38.1 Å². The van der Waals surface area contributed by atoms with Gasteiger partial charge in [0.2, 0.25) is 5.78 Å². The van der Waals surface area contributed by atoms with Crippen molar-refractivity contribution in [1.82, 2.24) is 5.16 Å². The minimum atomic E-state index is -1.05. The lowest BCUT2D eigenvalue weighted by atomic mass is 9.76. The molecule has 7 heteroatoms. The Hall–Kier alpha value is -3.74. The van der Waals surface area contributed by atoms with Crippen LogP contribution in [0, 0.1) is 11.8 Å². The molecule has 5 rings (SSSR count). The summed E-state index contributed by atoms with van der Waals surface area (Å²) in [5.41, 5.74) is 2.46. The molecule has 1 aromatic heterocycles. The number of benzene rings is 2. The Morgan fingerprint density at radius 2 is 1.74 bits per heavy atom. The van der Waals surface area contributed by atoms with Crippen LogP contribution < -0.4 is 9.64 Å². The fourth-order valence-corrected chi connectivity index (χ4v) is 5.38. The number of ketones is 2. The maximum atomic E-state index is 13.7. The number of para-hydroxylation sites is 1. The zero-order valence-corrected chi connectivity index (χ0v) is 19.0. The van der Waals surface area contributed by atoms with E-state index >= 15 is 0 Å². The van der Waals surface area contributed by atoms with Gasteiger partial charge in [-0.3, -0.25) is 14.4 Å². The van der Waals surface area contributed by atoms with Crippen molar-refractivity contribution in [2.24, 2.45) is 11.8 Å². The van der Waals surface area contributed by atoms with Crippen molar-refractivity contribution >= 4 is 23.2 Å². The van der Waals surface area contributed by atoms with Gasteiger partial charge in [0.1, 0.15) is 23.6 Å². The summed E-state index contributed by atoms with van der Waals surface area (Å²) in [7, 11) is 1.50. The molecule has 1 saturated carbocycles. The van der Waals surface area contributed by atoms with Gasteiger partial charge in [0, 0.05) is 17.3 Å². The van der Waals surface area contributed by atoms with Crippen molar-refractivity contribution in [3.63, 3.8) is 0 Å². The zero-order chi connectivity index (χ0) is 23.7. The van der Waals surface area contributed by atoms with Crippen molar-refractivity contribution < 1.29 is 23.6 Å². The number of aromatic nitrogens is 1. The number of methoxy groups -OCH3 is 1. The third-order valence-electron chi connectivity index (χ3n) is 7.02. The van der Waals surface area contributed by atoms with E-state index in [1.165, 1.54) is 13.4 Å². The number of hydrogen-bond acceptors (Lipinski definition) is 6. The van der Waals surface area contributed by atoms with Gasteiger partial charge in [-0.2, -0.15) is 0 Å². The molecule has 2 aliphatic rings. The first kappa shape index (κ1) is 22.1. The standard InChI is InChI=1S/C27H26N2O5/c1-33-22-10-6-5-9-20(22)25(30)23-24(18-7-3-2-4-8-18)29(27(32)26(23)31)19-13-11-17(12-14-19)21-15-16-34-28-21/h5-6,9-16,18,23-24H,2-4,7-8H2,1H3. The van der Waals surface area contributed by atoms with Crippen LogP contribution in [0.5, 0.6) is 5.75 Å². The molecular formula is C27H26N2O5. The summed E-state index contributed by atoms with van der Waals surface area (Å²) in [6, 6.07) is 15.4. The van der Waals surface area contributed by atoms with Crippen molar-refractivity contribution in [2.75, 3.05) is 12.0 Å². The Morgan fingerprint density at radius 1 is 1.00 bits per heavy atom. The van der Waals surface area contributed by atoms with Gasteiger partial charge in [0.25, 0.3) is 5.91 Å². The molecule has 1 aliphatic heterocycles. The van der Waals surface area contributed by atoms with Crippen LogP contribution in [0.3, 0.4) is 0 Å². The molecule has 2 aromatic carbocycles. The second kappa shape index (κ2) is 9.25. The molecule has 7 nitrogen and oxygen atoms in total. The van der Waals surface area contributed by atoms with Crippen LogP contribution in [0.2, 0.25) is 0 Å². The lowest BCUT2D eigenvalue weighted by molar-refractivity contribution is -0.135. The van der Waals surface area contributed by atoms with E-state index in [0.29, 0.717) is 22.7 Å². The van der Waals surface area contributed by atoms with Crippen LogP contribution in [-0.4, -0.2) is 35.8 Å². The highest BCUT2D eigenvalue weighted by Gasteiger charge is 2.54. The maximum absolute atomic E-state index is 13.7. The summed E-state index contributed by atoms with van der Waals surface area (Å²) >= 11 is 0. The Kier molecular flexibility index (Phi) is 6.01. The normalized spacial score (nSPS) is 21.1. The SMILES string of the molecule is COc1ccccc1C(=O)C1C(=O)C(=O)N(c2ccc(-c3ccon3)cc2)C1C1CCCCC1. The first-order valence-corrected chi connectivity index (χ1v) is 11.7. The summed E-state index contributed by atoms with van der Waals surface area (Å²) in [5, 5.41) is 3.95. The molecule has 174 valence electrons. The number of nitrogens with zero attached hydrogens (tertiary/aromatic N) is 2. The first-order valence-electron chi connectivity index (χ1n) is 11.7. The monoisotopic (exact) mass is 458 g/mol. The molecule has 2 unspecified atom stereocenters. The van der Waals surface area contributed by atoms with E-state index in [1.54, 1.807) is 47.4 Å². The van der Waals surface area contributed by atoms with Crippen LogP contribution in [0.1, 0.15) is 42.5 Å². The Balaban J connectivity index is 1.55. The number of Topliss-reactive ketones (excluding diaryl/α,β-unsaturated/α-hetero) is 2. The van der Waals surface area contributed by atoms with E-state index in [2.05, 4.69) is 5.16 Å². The minimum Gasteiger partial charge on any atom is -0.496 e. The molecule has 1 amide bonds. The molecule has 1 aliphatic carbocycles. The number of hydrogen-bond donors (Lipinski definition) is 0. The zero-order valence-electron chi connectivity index (χ0n) is 19.0. The molecule has 0 N–H and O–H groups in total. The number of carbonyl (C=O) groups excluding carboxylic acids is 3. The molecule has 0 radical (unpaired) electrons. The predicted octanol–water partition coefficient (Wildman–Crippen LogP) is 4.71. The topological polar surface area (TPSA) is 89.7 Å². The van der Waals surface area contributed by atoms with E-state index in [9.17, 15) is 14.4 Å². The molecule has 34 heavy (non-hydrogen) atoms. The molecule has 1 saturated heterocycles. The van der Waals surface area contributed by atoms with Crippen LogP contribution in [-0.2, 0) is 9.59 Å². The van der Waals surface area contributed by atoms with Crippen molar-refractivity contribution in [1.29, 1.82) is 0 Å². The minimum absolute atomic E-state index is 0.0722. The van der Waals surface area contributed by atoms with E-state index in [-0.39, 0.29) is 11.7 Å². The van der Waals surface area contributed by atoms with Crippen LogP contribution in [0.15, 0.2) is 65.4 Å². The van der Waals surface area contributed by atoms with Gasteiger partial charge in [0.05, 0.1) is 18.7 Å². The van der Waals surface area contributed by atoms with Crippen LogP contribution in [0.25, 0.3) is 11.3 Å². The lowest BCUT2D eigenvalue weighted by Crippen LogP contribution is -2.44. The highest BCUT2D eigenvalue weighted by atomic mass is 16.5. The van der Waals surface area contributed by atoms with Crippen LogP contribution >= 0.6 is 0 Å². The number of amides is 1. The fraction of sp³-hybridized carbons (Fsp3) is 0.333. The van der Waals surface area contributed by atoms with E-state index < -0.39 is 23.7 Å². The molecule has 0 spiro atoms. The quantitative estimate of drug-likeness (QED) is 0.302. The summed E-state index contributed by atoms with van der Waals surface area (Å²) < 4.78 is 10.3. The largest absolute Gasteiger partial charge is 0.496 e. The first-order chi connectivity index (χ1) is 16.6.